The molecule has 9 rings (SSSR count). The molecule has 0 aliphatic carbocycles. The molecule has 7 aromatic carbocycles. The smallest absolute Gasteiger partial charge is 0.270 e. The van der Waals surface area contributed by atoms with E-state index < -0.39 is 136 Å². The summed E-state index contributed by atoms with van der Waals surface area (Å²) < 4.78 is 171. The fourth-order valence-electron chi connectivity index (χ4n) is 7.05. The second kappa shape index (κ2) is 16.4. The molecule has 4 N–H and O–H groups in total. The predicted octanol–water partition coefficient (Wildman–Crippen LogP) is 9.62. The van der Waals surface area contributed by atoms with Gasteiger partial charge in [0.25, 0.3) is 22.2 Å². The number of hydrogen-bond donors (Lipinski definition) is 2. The third kappa shape index (κ3) is 7.05. The highest BCUT2D eigenvalue weighted by molar-refractivity contribution is 6.11. The lowest BCUT2D eigenvalue weighted by molar-refractivity contribution is 0.333. The van der Waals surface area contributed by atoms with Crippen LogP contribution in [0.5, 0.6) is 46.0 Å². The Morgan fingerprint density at radius 3 is 0.765 bits per heavy atom. The third-order valence-electron chi connectivity index (χ3n) is 10.2. The Balaban J connectivity index is 1.35. The van der Waals surface area contributed by atoms with E-state index in [9.17, 15) is 45.5 Å². The van der Waals surface area contributed by atoms with Crippen LogP contribution in [0, 0.1) is 58.2 Å². The summed E-state index contributed by atoms with van der Waals surface area (Å²) in [5, 5.41) is -5.58. The zero-order chi connectivity index (χ0) is 48.6. The van der Waals surface area contributed by atoms with Crippen LogP contribution in [0.15, 0.2) is 116 Å². The van der Waals surface area contributed by atoms with E-state index in [1.165, 1.54) is 72.8 Å². The van der Waals surface area contributed by atoms with Crippen LogP contribution in [0.1, 0.15) is 0 Å². The average molecular weight is 947 g/mol. The maximum Gasteiger partial charge on any atom is 0.270 e. The summed E-state index contributed by atoms with van der Waals surface area (Å²) in [7, 11) is 0. The highest BCUT2D eigenvalue weighted by Crippen LogP contribution is 2.45. The molecule has 0 aliphatic rings. The topological polar surface area (TPSA) is 167 Å². The molecule has 22 heteroatoms. The normalized spacial score (nSPS) is 11.4. The van der Waals surface area contributed by atoms with Crippen LogP contribution in [0.4, 0.5) is 55.3 Å². The highest BCUT2D eigenvalue weighted by atomic mass is 19.2. The fourth-order valence-corrected chi connectivity index (χ4v) is 7.05. The van der Waals surface area contributed by atoms with Crippen molar-refractivity contribution in [3.8, 4) is 57.4 Å². The molecular formula is C46H20F10N4O8. The van der Waals surface area contributed by atoms with Crippen LogP contribution in [0.25, 0.3) is 32.9 Å². The van der Waals surface area contributed by atoms with Gasteiger partial charge in [0.05, 0.1) is 11.4 Å². The van der Waals surface area contributed by atoms with Gasteiger partial charge >= 0.3 is 0 Å². The SMILES string of the molecule is Nc1ccc(Oc2ccc(-n3c(=O)c4c(Oc5c(F)c(F)c(F)c(F)c5F)c5c(=O)n(-c6ccc(Oc7ccc(N)cc7)cc6)c(=O)c5c(Oc5c(F)c(F)c(F)c(F)c5F)c4c3=O)cc2)cc1. The summed E-state index contributed by atoms with van der Waals surface area (Å²) >= 11 is 0. The number of rotatable bonds is 10. The second-order valence-corrected chi connectivity index (χ2v) is 14.4. The van der Waals surface area contributed by atoms with E-state index in [-0.39, 0.29) is 32.1 Å². The lowest BCUT2D eigenvalue weighted by Crippen LogP contribution is -2.24. The highest BCUT2D eigenvalue weighted by Gasteiger charge is 2.37. The Hall–Kier alpha value is -9.08. The Labute approximate surface area is 369 Å². The Bertz CT molecular complexity index is 3400. The molecule has 0 fully saturated rings. The largest absolute Gasteiger partial charge is 0.457 e. The first-order valence-electron chi connectivity index (χ1n) is 19.0. The van der Waals surface area contributed by atoms with Crippen LogP contribution in [0.3, 0.4) is 0 Å². The van der Waals surface area contributed by atoms with Crippen LogP contribution < -0.4 is 52.7 Å². The Morgan fingerprint density at radius 1 is 0.294 bits per heavy atom. The van der Waals surface area contributed by atoms with Crippen molar-refractivity contribution >= 4 is 32.9 Å². The molecule has 342 valence electrons. The molecule has 0 spiro atoms. The molecule has 9 aromatic rings. The van der Waals surface area contributed by atoms with E-state index in [1.54, 1.807) is 0 Å². The van der Waals surface area contributed by atoms with E-state index in [0.717, 1.165) is 24.3 Å². The van der Waals surface area contributed by atoms with Gasteiger partial charge in [0, 0.05) is 11.4 Å². The molecule has 2 aromatic heterocycles. The molecule has 0 amide bonds. The molecule has 68 heavy (non-hydrogen) atoms. The zero-order valence-electron chi connectivity index (χ0n) is 33.3. The fraction of sp³-hybridized carbons (Fsp3) is 0. The minimum absolute atomic E-state index is 0.0703. The van der Waals surface area contributed by atoms with Gasteiger partial charge in [0.1, 0.15) is 44.5 Å². The first-order valence-corrected chi connectivity index (χ1v) is 19.0. The lowest BCUT2D eigenvalue weighted by atomic mass is 10.1. The van der Waals surface area contributed by atoms with Gasteiger partial charge in [-0.15, -0.1) is 0 Å². The molecular weight excluding hydrogens is 927 g/mol. The van der Waals surface area contributed by atoms with Gasteiger partial charge in [-0.25, -0.2) is 35.5 Å². The molecule has 12 nitrogen and oxygen atoms in total. The molecule has 0 aliphatic heterocycles. The molecule has 2 heterocycles. The first-order chi connectivity index (χ1) is 32.4. The van der Waals surface area contributed by atoms with Gasteiger partial charge in [-0.3, -0.25) is 19.2 Å². The van der Waals surface area contributed by atoms with Crippen LogP contribution in [0.2, 0.25) is 0 Å². The summed E-state index contributed by atoms with van der Waals surface area (Å²) in [6.07, 6.45) is 0. The molecule has 0 saturated carbocycles. The van der Waals surface area contributed by atoms with Crippen molar-refractivity contribution in [2.75, 3.05) is 11.5 Å². The van der Waals surface area contributed by atoms with Crippen molar-refractivity contribution in [2.24, 2.45) is 0 Å². The van der Waals surface area contributed by atoms with Gasteiger partial charge in [-0.2, -0.15) is 17.6 Å². The van der Waals surface area contributed by atoms with E-state index in [0.29, 0.717) is 11.4 Å². The number of anilines is 2. The first kappa shape index (κ1) is 44.1. The average Bonchev–Trinajstić information content (AvgIpc) is 3.75. The Morgan fingerprint density at radius 2 is 0.515 bits per heavy atom. The number of nitrogens with zero attached hydrogens (tertiary/aromatic N) is 2. The van der Waals surface area contributed by atoms with Gasteiger partial charge in [0.2, 0.25) is 69.7 Å². The zero-order valence-corrected chi connectivity index (χ0v) is 33.3. The number of benzene rings is 7. The van der Waals surface area contributed by atoms with Crippen LogP contribution in [-0.4, -0.2) is 9.13 Å². The van der Waals surface area contributed by atoms with Crippen LogP contribution in [-0.2, 0) is 0 Å². The Kier molecular flexibility index (Phi) is 10.7. The van der Waals surface area contributed by atoms with Gasteiger partial charge < -0.3 is 30.4 Å². The second-order valence-electron chi connectivity index (χ2n) is 14.4. The van der Waals surface area contributed by atoms with E-state index in [1.807, 2.05) is 0 Å². The quantitative estimate of drug-likeness (QED) is 0.0583. The minimum atomic E-state index is -2.69. The minimum Gasteiger partial charge on any atom is -0.457 e. The molecule has 0 bridgehead atoms. The summed E-state index contributed by atoms with van der Waals surface area (Å²) in [6, 6.07) is 21.0. The number of ether oxygens (including phenoxy) is 4. The lowest BCUT2D eigenvalue weighted by Gasteiger charge is -2.14. The van der Waals surface area contributed by atoms with Gasteiger partial charge in [0.15, 0.2) is 11.5 Å². The summed E-state index contributed by atoms with van der Waals surface area (Å²) in [6.45, 7) is 0. The summed E-state index contributed by atoms with van der Waals surface area (Å²) in [4.78, 5) is 58.4. The number of hydrogen-bond acceptors (Lipinski definition) is 10. The van der Waals surface area contributed by atoms with Crippen molar-refractivity contribution < 1.29 is 62.9 Å². The van der Waals surface area contributed by atoms with Crippen molar-refractivity contribution in [1.29, 1.82) is 0 Å². The number of fused-ring (bicyclic) bond motifs is 2. The van der Waals surface area contributed by atoms with Crippen molar-refractivity contribution in [1.82, 2.24) is 9.13 Å². The molecule has 0 radical (unpaired) electrons. The third-order valence-corrected chi connectivity index (χ3v) is 10.2. The maximum absolute atomic E-state index is 15.4. The summed E-state index contributed by atoms with van der Waals surface area (Å²) in [5.74, 6) is -33.4. The standard InChI is InChI=1S/C46H20F10N4O8/c47-29-31(49)35(53)41(36(54)32(29)50)67-39-25-26(44(62)59(43(25)61)19-5-13-23(14-6-19)65-21-9-1-17(57)2-10-21)40(68-42-37(55)33(51)30(48)34(52)38(42)56)28-27(39)45(63)60(46(28)64)20-7-15-24(16-8-20)66-22-11-3-18(58)4-12-22/h1-16H,57-58H2. The molecule has 0 unspecified atom stereocenters. The van der Waals surface area contributed by atoms with E-state index in [2.05, 4.69) is 0 Å². The summed E-state index contributed by atoms with van der Waals surface area (Å²) in [5.41, 5.74) is 4.62. The van der Waals surface area contributed by atoms with Gasteiger partial charge in [-0.05, 0) is 97.1 Å². The predicted molar refractivity (Wildman–Crippen MR) is 222 cm³/mol. The number of aromatic nitrogens is 2. The number of nitrogens with two attached hydrogens (primary N) is 2. The maximum atomic E-state index is 15.4. The number of nitrogen functional groups attached to an aromatic ring is 2. The van der Waals surface area contributed by atoms with Crippen molar-refractivity contribution in [2.45, 2.75) is 0 Å². The van der Waals surface area contributed by atoms with Gasteiger partial charge in [-0.1, -0.05) is 0 Å². The van der Waals surface area contributed by atoms with E-state index >= 15 is 17.6 Å². The molecule has 0 atom stereocenters. The number of halogens is 10. The van der Waals surface area contributed by atoms with Crippen molar-refractivity contribution in [3.63, 3.8) is 0 Å². The van der Waals surface area contributed by atoms with Crippen LogP contribution >= 0.6 is 0 Å². The monoisotopic (exact) mass is 946 g/mol. The molecule has 0 saturated heterocycles. The van der Waals surface area contributed by atoms with Crippen molar-refractivity contribution in [3.05, 3.63) is 197 Å². The van der Waals surface area contributed by atoms with E-state index in [4.69, 9.17) is 30.4 Å².